The summed E-state index contributed by atoms with van der Waals surface area (Å²) in [4.78, 5) is 26.2. The van der Waals surface area contributed by atoms with Crippen LogP contribution in [0.5, 0.6) is 0 Å². The van der Waals surface area contributed by atoms with Crippen LogP contribution in [0, 0.1) is 17.0 Å². The van der Waals surface area contributed by atoms with E-state index in [4.69, 9.17) is 4.63 Å². The maximum atomic E-state index is 13.2. The van der Waals surface area contributed by atoms with E-state index in [2.05, 4.69) is 15.6 Å². The highest BCUT2D eigenvalue weighted by Crippen LogP contribution is 2.39. The molecule has 4 rings (SSSR count). The predicted molar refractivity (Wildman–Crippen MR) is 112 cm³/mol. The number of nitrogens with zero attached hydrogens (tertiary/aromatic N) is 6. The van der Waals surface area contributed by atoms with Crippen LogP contribution in [0.3, 0.4) is 0 Å². The average Bonchev–Trinajstić information content (AvgIpc) is 3.27. The van der Waals surface area contributed by atoms with Gasteiger partial charge in [0.25, 0.3) is 5.56 Å². The Labute approximate surface area is 170 Å². The minimum absolute atomic E-state index is 0.00525. The Bertz CT molecular complexity index is 1320. The van der Waals surface area contributed by atoms with Gasteiger partial charge in [-0.1, -0.05) is 18.2 Å². The molecule has 0 bridgehead atoms. The SMILES string of the molecule is Cc1c(Nc2cc(N(C)C)c3nonc3c2[N+](=O)[O-])c(=O)n(-c2ccccc2)n1C. The molecule has 2 heterocycles. The maximum absolute atomic E-state index is 13.2. The quantitative estimate of drug-likeness (QED) is 0.394. The number of aromatic nitrogens is 4. The molecule has 0 radical (unpaired) electrons. The van der Waals surface area contributed by atoms with Crippen molar-refractivity contribution in [2.24, 2.45) is 7.05 Å². The van der Waals surface area contributed by atoms with Crippen LogP contribution in [-0.4, -0.2) is 38.7 Å². The molecule has 1 N–H and O–H groups in total. The second-order valence-electron chi connectivity index (χ2n) is 6.97. The Hall–Kier alpha value is -4.15. The zero-order valence-corrected chi connectivity index (χ0v) is 16.8. The number of para-hydroxylation sites is 1. The van der Waals surface area contributed by atoms with E-state index in [-0.39, 0.29) is 33.7 Å². The molecule has 0 aliphatic rings. The molecule has 0 spiro atoms. The average molecular weight is 409 g/mol. The van der Waals surface area contributed by atoms with Gasteiger partial charge in [0.05, 0.1) is 22.0 Å². The zero-order chi connectivity index (χ0) is 21.6. The molecule has 0 aliphatic carbocycles. The van der Waals surface area contributed by atoms with Crippen molar-refractivity contribution in [1.29, 1.82) is 0 Å². The van der Waals surface area contributed by atoms with Gasteiger partial charge in [0.15, 0.2) is 5.52 Å². The van der Waals surface area contributed by atoms with Gasteiger partial charge in [-0.2, -0.15) is 0 Å². The summed E-state index contributed by atoms with van der Waals surface area (Å²) in [5.74, 6) is 0. The number of benzene rings is 2. The lowest BCUT2D eigenvalue weighted by Crippen LogP contribution is -2.20. The lowest BCUT2D eigenvalue weighted by molar-refractivity contribution is -0.382. The van der Waals surface area contributed by atoms with Crippen LogP contribution >= 0.6 is 0 Å². The maximum Gasteiger partial charge on any atom is 0.324 e. The number of nitro benzene ring substituents is 1. The second kappa shape index (κ2) is 7.03. The molecule has 0 saturated heterocycles. The first-order valence-electron chi connectivity index (χ1n) is 9.03. The van der Waals surface area contributed by atoms with E-state index in [0.29, 0.717) is 17.1 Å². The van der Waals surface area contributed by atoms with E-state index < -0.39 is 4.92 Å². The van der Waals surface area contributed by atoms with Gasteiger partial charge in [0.2, 0.25) is 5.52 Å². The van der Waals surface area contributed by atoms with Crippen LogP contribution in [0.2, 0.25) is 0 Å². The molecule has 0 unspecified atom stereocenters. The number of nitrogens with one attached hydrogen (secondary N) is 1. The topological polar surface area (TPSA) is 124 Å². The van der Waals surface area contributed by atoms with E-state index in [9.17, 15) is 14.9 Å². The van der Waals surface area contributed by atoms with Crippen molar-refractivity contribution in [1.82, 2.24) is 19.7 Å². The van der Waals surface area contributed by atoms with Crippen molar-refractivity contribution in [2.75, 3.05) is 24.3 Å². The third-order valence-corrected chi connectivity index (χ3v) is 4.97. The van der Waals surface area contributed by atoms with E-state index in [0.717, 1.165) is 0 Å². The number of fused-ring (bicyclic) bond motifs is 1. The van der Waals surface area contributed by atoms with Crippen LogP contribution in [0.25, 0.3) is 16.7 Å². The lowest BCUT2D eigenvalue weighted by Gasteiger charge is -2.14. The fourth-order valence-electron chi connectivity index (χ4n) is 3.38. The Morgan fingerprint density at radius 1 is 1.17 bits per heavy atom. The molecule has 0 saturated carbocycles. The molecule has 11 nitrogen and oxygen atoms in total. The molecule has 154 valence electrons. The van der Waals surface area contributed by atoms with Crippen molar-refractivity contribution < 1.29 is 9.55 Å². The monoisotopic (exact) mass is 409 g/mol. The lowest BCUT2D eigenvalue weighted by atomic mass is 10.1. The van der Waals surface area contributed by atoms with E-state index in [1.54, 1.807) is 43.7 Å². The number of rotatable bonds is 5. The minimum atomic E-state index is -0.567. The molecule has 2 aromatic heterocycles. The summed E-state index contributed by atoms with van der Waals surface area (Å²) in [6.45, 7) is 1.76. The highest BCUT2D eigenvalue weighted by atomic mass is 16.6. The Morgan fingerprint density at radius 3 is 2.47 bits per heavy atom. The summed E-state index contributed by atoms with van der Waals surface area (Å²) in [6.07, 6.45) is 0. The first-order valence-corrected chi connectivity index (χ1v) is 9.03. The Kier molecular flexibility index (Phi) is 4.49. The van der Waals surface area contributed by atoms with Crippen LogP contribution in [0.1, 0.15) is 5.69 Å². The molecule has 0 aliphatic heterocycles. The van der Waals surface area contributed by atoms with Crippen molar-refractivity contribution in [3.8, 4) is 5.69 Å². The first kappa shape index (κ1) is 19.2. The molecule has 30 heavy (non-hydrogen) atoms. The van der Waals surface area contributed by atoms with Crippen LogP contribution in [0.15, 0.2) is 45.8 Å². The molecule has 4 aromatic rings. The smallest absolute Gasteiger partial charge is 0.324 e. The Balaban J connectivity index is 1.93. The van der Waals surface area contributed by atoms with E-state index in [1.807, 2.05) is 30.3 Å². The van der Waals surface area contributed by atoms with Crippen molar-refractivity contribution in [3.05, 3.63) is 62.6 Å². The summed E-state index contributed by atoms with van der Waals surface area (Å²) >= 11 is 0. The van der Waals surface area contributed by atoms with Crippen LogP contribution in [-0.2, 0) is 7.05 Å². The highest BCUT2D eigenvalue weighted by molar-refractivity contribution is 6.00. The summed E-state index contributed by atoms with van der Waals surface area (Å²) in [5.41, 5.74) is 1.84. The first-order chi connectivity index (χ1) is 14.3. The Morgan fingerprint density at radius 2 is 1.83 bits per heavy atom. The summed E-state index contributed by atoms with van der Waals surface area (Å²) in [6, 6.07) is 10.7. The molecular weight excluding hydrogens is 390 g/mol. The molecule has 0 atom stereocenters. The fraction of sp³-hybridized carbons (Fsp3) is 0.211. The van der Waals surface area contributed by atoms with Gasteiger partial charge < -0.3 is 10.2 Å². The summed E-state index contributed by atoms with van der Waals surface area (Å²) < 4.78 is 7.93. The van der Waals surface area contributed by atoms with Gasteiger partial charge in [-0.25, -0.2) is 9.31 Å². The van der Waals surface area contributed by atoms with E-state index >= 15 is 0 Å². The number of nitro groups is 1. The molecule has 11 heteroatoms. The number of anilines is 3. The van der Waals surface area contributed by atoms with Gasteiger partial charge in [0.1, 0.15) is 11.4 Å². The summed E-state index contributed by atoms with van der Waals surface area (Å²) in [7, 11) is 5.30. The predicted octanol–water partition coefficient (Wildman–Crippen LogP) is 2.74. The van der Waals surface area contributed by atoms with Gasteiger partial charge in [-0.15, -0.1) is 0 Å². The van der Waals surface area contributed by atoms with E-state index in [1.165, 1.54) is 4.68 Å². The standard InChI is InChI=1S/C19H19N7O4/c1-11-15(19(27)25(24(11)4)12-8-6-5-7-9-12)20-13-10-14(23(2)3)16-17(22-30-21-16)18(13)26(28)29/h5-10,20H,1-4H3. The van der Waals surface area contributed by atoms with Gasteiger partial charge in [-0.3, -0.25) is 19.6 Å². The minimum Gasteiger partial charge on any atom is -0.376 e. The van der Waals surface area contributed by atoms with Gasteiger partial charge in [-0.05, 0) is 35.4 Å². The van der Waals surface area contributed by atoms with Crippen LogP contribution in [0.4, 0.5) is 22.7 Å². The molecule has 2 aromatic carbocycles. The van der Waals surface area contributed by atoms with Crippen molar-refractivity contribution >= 4 is 33.8 Å². The largest absolute Gasteiger partial charge is 0.376 e. The summed E-state index contributed by atoms with van der Waals surface area (Å²) in [5, 5.41) is 22.3. The van der Waals surface area contributed by atoms with Gasteiger partial charge in [0, 0.05) is 21.1 Å². The van der Waals surface area contributed by atoms with Crippen molar-refractivity contribution in [2.45, 2.75) is 6.92 Å². The molecule has 0 amide bonds. The number of hydrogen-bond donors (Lipinski definition) is 1. The van der Waals surface area contributed by atoms with Gasteiger partial charge >= 0.3 is 5.69 Å². The third-order valence-electron chi connectivity index (χ3n) is 4.97. The fourth-order valence-corrected chi connectivity index (χ4v) is 3.38. The number of hydrogen-bond acceptors (Lipinski definition) is 8. The normalized spacial score (nSPS) is 11.1. The third kappa shape index (κ3) is 2.87. The zero-order valence-electron chi connectivity index (χ0n) is 16.8. The molecule has 0 fully saturated rings. The highest BCUT2D eigenvalue weighted by Gasteiger charge is 2.28. The molecular formula is C19H19N7O4. The van der Waals surface area contributed by atoms with Crippen molar-refractivity contribution in [3.63, 3.8) is 0 Å². The van der Waals surface area contributed by atoms with Crippen LogP contribution < -0.4 is 15.8 Å². The second-order valence-corrected chi connectivity index (χ2v) is 6.97.